The van der Waals surface area contributed by atoms with E-state index in [-0.39, 0.29) is 10.7 Å². The lowest BCUT2D eigenvalue weighted by atomic mass is 10.2. The summed E-state index contributed by atoms with van der Waals surface area (Å²) in [5.74, 6) is -0.870. The lowest BCUT2D eigenvalue weighted by molar-refractivity contribution is -0.146. The Labute approximate surface area is 156 Å². The van der Waals surface area contributed by atoms with Gasteiger partial charge in [0.2, 0.25) is 0 Å². The summed E-state index contributed by atoms with van der Waals surface area (Å²) >= 11 is 1.05. The topological polar surface area (TPSA) is 79.8 Å². The molecule has 0 radical (unpaired) electrons. The highest BCUT2D eigenvalue weighted by atomic mass is 32.1. The van der Waals surface area contributed by atoms with Gasteiger partial charge in [-0.15, -0.1) is 11.3 Å². The highest BCUT2D eigenvalue weighted by molar-refractivity contribution is 7.16. The average molecular weight is 393 g/mol. The number of carbonyl (C=O) groups excluding carboxylic acids is 1. The summed E-state index contributed by atoms with van der Waals surface area (Å²) in [6, 6.07) is 7.88. The summed E-state index contributed by atoms with van der Waals surface area (Å²) in [5, 5.41) is 4.23. The Balaban J connectivity index is 1.81. The van der Waals surface area contributed by atoms with Gasteiger partial charge < -0.3 is 10.6 Å². The van der Waals surface area contributed by atoms with Gasteiger partial charge in [0.05, 0.1) is 5.69 Å². The molecule has 6 nitrogen and oxygen atoms in total. The van der Waals surface area contributed by atoms with Crippen LogP contribution in [0.15, 0.2) is 48.9 Å². The number of pyridine rings is 2. The van der Waals surface area contributed by atoms with E-state index in [0.717, 1.165) is 11.3 Å². The van der Waals surface area contributed by atoms with Crippen LogP contribution in [0.3, 0.4) is 0 Å². The third-order valence-electron chi connectivity index (χ3n) is 3.52. The number of aryl methyl sites for hydroxylation is 1. The zero-order valence-electron chi connectivity index (χ0n) is 14.0. The molecule has 0 fully saturated rings. The maximum Gasteiger partial charge on any atom is 0.427 e. The van der Waals surface area contributed by atoms with Crippen LogP contribution in [0.1, 0.15) is 15.2 Å². The fourth-order valence-corrected chi connectivity index (χ4v) is 3.09. The third kappa shape index (κ3) is 4.59. The molecule has 27 heavy (non-hydrogen) atoms. The SMILES string of the molecule is Cc1sc(NC(NC(=O)c2ccncc2)C(F)(F)F)nc1-c1ccccn1. The molecule has 1 amide bonds. The second-order valence-electron chi connectivity index (χ2n) is 5.47. The Bertz CT molecular complexity index is 915. The number of amides is 1. The smallest absolute Gasteiger partial charge is 0.334 e. The van der Waals surface area contributed by atoms with Crippen LogP contribution in [0.2, 0.25) is 0 Å². The van der Waals surface area contributed by atoms with Gasteiger partial charge in [-0.2, -0.15) is 13.2 Å². The molecule has 3 rings (SSSR count). The van der Waals surface area contributed by atoms with Crippen molar-refractivity contribution in [1.82, 2.24) is 20.3 Å². The summed E-state index contributed by atoms with van der Waals surface area (Å²) in [6.07, 6.45) is -2.77. The summed E-state index contributed by atoms with van der Waals surface area (Å²) in [5.41, 5.74) is 1.12. The van der Waals surface area contributed by atoms with Gasteiger partial charge in [0, 0.05) is 29.0 Å². The number of hydrogen-bond acceptors (Lipinski definition) is 6. The van der Waals surface area contributed by atoms with E-state index < -0.39 is 18.2 Å². The van der Waals surface area contributed by atoms with E-state index in [1.165, 1.54) is 24.5 Å². The molecule has 0 aliphatic rings. The quantitative estimate of drug-likeness (QED) is 0.647. The number of aromatic nitrogens is 3. The second kappa shape index (κ2) is 7.70. The van der Waals surface area contributed by atoms with E-state index in [4.69, 9.17) is 0 Å². The number of halogens is 3. The molecule has 3 aromatic heterocycles. The lowest BCUT2D eigenvalue weighted by Crippen LogP contribution is -2.50. The van der Waals surface area contributed by atoms with Crippen LogP contribution in [0.5, 0.6) is 0 Å². The predicted molar refractivity (Wildman–Crippen MR) is 95.3 cm³/mol. The van der Waals surface area contributed by atoms with Crippen molar-refractivity contribution in [3.8, 4) is 11.4 Å². The van der Waals surface area contributed by atoms with Gasteiger partial charge in [0.25, 0.3) is 5.91 Å². The third-order valence-corrected chi connectivity index (χ3v) is 4.42. The number of hydrogen-bond donors (Lipinski definition) is 2. The van der Waals surface area contributed by atoms with Crippen molar-refractivity contribution in [1.29, 1.82) is 0 Å². The Kier molecular flexibility index (Phi) is 5.36. The minimum Gasteiger partial charge on any atom is -0.334 e. The number of rotatable bonds is 5. The molecule has 0 saturated heterocycles. The molecule has 3 heterocycles. The first-order valence-electron chi connectivity index (χ1n) is 7.77. The number of nitrogens with zero attached hydrogens (tertiary/aromatic N) is 3. The summed E-state index contributed by atoms with van der Waals surface area (Å²) in [6.45, 7) is 1.74. The lowest BCUT2D eigenvalue weighted by Gasteiger charge is -2.22. The first-order valence-corrected chi connectivity index (χ1v) is 8.59. The average Bonchev–Trinajstić information content (AvgIpc) is 3.02. The Hall–Kier alpha value is -3.01. The van der Waals surface area contributed by atoms with Gasteiger partial charge in [-0.25, -0.2) is 4.98 Å². The van der Waals surface area contributed by atoms with Gasteiger partial charge >= 0.3 is 6.18 Å². The zero-order chi connectivity index (χ0) is 19.4. The number of carbonyl (C=O) groups is 1. The van der Waals surface area contributed by atoms with Crippen LogP contribution in [0.25, 0.3) is 11.4 Å². The largest absolute Gasteiger partial charge is 0.427 e. The van der Waals surface area contributed by atoms with E-state index in [2.05, 4.69) is 20.3 Å². The normalized spacial score (nSPS) is 12.4. The zero-order valence-corrected chi connectivity index (χ0v) is 14.8. The Morgan fingerprint density at radius 2 is 1.89 bits per heavy atom. The van der Waals surface area contributed by atoms with Crippen LogP contribution in [0, 0.1) is 6.92 Å². The van der Waals surface area contributed by atoms with Gasteiger partial charge in [-0.3, -0.25) is 14.8 Å². The number of alkyl halides is 3. The van der Waals surface area contributed by atoms with E-state index >= 15 is 0 Å². The summed E-state index contributed by atoms with van der Waals surface area (Å²) in [7, 11) is 0. The van der Waals surface area contributed by atoms with Gasteiger partial charge in [0.1, 0.15) is 5.69 Å². The molecule has 140 valence electrons. The molecule has 0 aliphatic heterocycles. The van der Waals surface area contributed by atoms with Crippen LogP contribution in [-0.4, -0.2) is 33.2 Å². The fourth-order valence-electron chi connectivity index (χ4n) is 2.24. The molecule has 3 aromatic rings. The van der Waals surface area contributed by atoms with Crippen LogP contribution >= 0.6 is 11.3 Å². The monoisotopic (exact) mass is 393 g/mol. The number of thiazole rings is 1. The summed E-state index contributed by atoms with van der Waals surface area (Å²) < 4.78 is 40.2. The Morgan fingerprint density at radius 3 is 2.52 bits per heavy atom. The maximum atomic E-state index is 13.4. The first-order chi connectivity index (χ1) is 12.8. The highest BCUT2D eigenvalue weighted by Gasteiger charge is 2.41. The molecule has 2 N–H and O–H groups in total. The molecule has 0 saturated carbocycles. The second-order valence-corrected chi connectivity index (χ2v) is 6.67. The molecule has 10 heteroatoms. The predicted octanol–water partition coefficient (Wildman–Crippen LogP) is 3.64. The van der Waals surface area contributed by atoms with Crippen molar-refractivity contribution in [2.75, 3.05) is 5.32 Å². The Morgan fingerprint density at radius 1 is 1.15 bits per heavy atom. The van der Waals surface area contributed by atoms with Crippen molar-refractivity contribution in [2.24, 2.45) is 0 Å². The number of anilines is 1. The van der Waals surface area contributed by atoms with E-state index in [1.54, 1.807) is 31.3 Å². The van der Waals surface area contributed by atoms with Crippen molar-refractivity contribution in [3.05, 3.63) is 59.4 Å². The molecular formula is C17H14F3N5OS. The molecule has 0 spiro atoms. The van der Waals surface area contributed by atoms with Crippen molar-refractivity contribution < 1.29 is 18.0 Å². The van der Waals surface area contributed by atoms with E-state index in [1.807, 2.05) is 5.32 Å². The number of nitrogens with one attached hydrogen (secondary N) is 2. The highest BCUT2D eigenvalue weighted by Crippen LogP contribution is 2.31. The van der Waals surface area contributed by atoms with Gasteiger partial charge in [0.15, 0.2) is 11.3 Å². The standard InChI is InChI=1S/C17H14F3N5OS/c1-10-13(12-4-2-3-7-22-12)23-16(27-10)25-15(17(18,19)20)24-14(26)11-5-8-21-9-6-11/h2-9,15H,1H3,(H,23,25)(H,24,26). The van der Waals surface area contributed by atoms with Crippen LogP contribution in [-0.2, 0) is 0 Å². The van der Waals surface area contributed by atoms with Gasteiger partial charge in [-0.05, 0) is 31.2 Å². The minimum absolute atomic E-state index is 0.0329. The van der Waals surface area contributed by atoms with E-state index in [9.17, 15) is 18.0 Å². The minimum atomic E-state index is -4.71. The molecule has 1 atom stereocenters. The molecule has 0 bridgehead atoms. The van der Waals surface area contributed by atoms with Crippen molar-refractivity contribution in [2.45, 2.75) is 19.3 Å². The molecular weight excluding hydrogens is 379 g/mol. The van der Waals surface area contributed by atoms with Crippen LogP contribution < -0.4 is 10.6 Å². The van der Waals surface area contributed by atoms with Gasteiger partial charge in [-0.1, -0.05) is 6.07 Å². The van der Waals surface area contributed by atoms with Crippen molar-refractivity contribution in [3.63, 3.8) is 0 Å². The fraction of sp³-hybridized carbons (Fsp3) is 0.176. The molecule has 0 aromatic carbocycles. The maximum absolute atomic E-state index is 13.4. The van der Waals surface area contributed by atoms with Crippen LogP contribution in [0.4, 0.5) is 18.3 Å². The van der Waals surface area contributed by atoms with Crippen molar-refractivity contribution >= 4 is 22.4 Å². The first kappa shape index (κ1) is 18.8. The molecule has 0 aliphatic carbocycles. The summed E-state index contributed by atoms with van der Waals surface area (Å²) in [4.78, 5) is 24.9. The van der Waals surface area contributed by atoms with E-state index in [0.29, 0.717) is 16.3 Å². The molecule has 1 unspecified atom stereocenters.